The molecule has 0 heterocycles. The molecule has 0 aliphatic carbocycles. The maximum absolute atomic E-state index is 11.5. The number of methoxy groups -OCH3 is 1. The third-order valence-electron chi connectivity index (χ3n) is 1.86. The number of aromatic carboxylic acids is 1. The number of carboxylic acid groups (broad SMARTS) is 1. The normalized spacial score (nSPS) is 10.6. The van der Waals surface area contributed by atoms with Gasteiger partial charge in [0.25, 0.3) is 0 Å². The van der Waals surface area contributed by atoms with Gasteiger partial charge in [-0.15, -0.1) is 0 Å². The summed E-state index contributed by atoms with van der Waals surface area (Å²) >= 11 is 5.64. The fourth-order valence-electron chi connectivity index (χ4n) is 1.11. The third-order valence-corrected chi connectivity index (χ3v) is 3.02. The monoisotopic (exact) mass is 308 g/mol. The third kappa shape index (κ3) is 4.30. The van der Waals surface area contributed by atoms with E-state index in [1.807, 2.05) is 4.72 Å². The molecular formula is C9H9ClN2O6S. The number of rotatable bonds is 4. The van der Waals surface area contributed by atoms with Gasteiger partial charge in [0, 0.05) is 5.02 Å². The first-order valence-electron chi connectivity index (χ1n) is 4.66. The quantitative estimate of drug-likeness (QED) is 0.764. The number of benzene rings is 1. The van der Waals surface area contributed by atoms with Crippen LogP contribution < -0.4 is 9.44 Å². The average Bonchev–Trinajstić information content (AvgIpc) is 2.27. The summed E-state index contributed by atoms with van der Waals surface area (Å²) in [7, 11) is -3.34. The molecule has 0 fully saturated rings. The molecule has 0 aromatic heterocycles. The highest BCUT2D eigenvalue weighted by molar-refractivity contribution is 7.91. The van der Waals surface area contributed by atoms with Crippen LogP contribution >= 0.6 is 11.6 Å². The molecule has 1 aromatic carbocycles. The van der Waals surface area contributed by atoms with Crippen LogP contribution in [0.3, 0.4) is 0 Å². The highest BCUT2D eigenvalue weighted by Gasteiger charge is 2.19. The second-order valence-corrected chi connectivity index (χ2v) is 5.05. The van der Waals surface area contributed by atoms with Crippen LogP contribution in [0.5, 0.6) is 0 Å². The Labute approximate surface area is 113 Å². The number of carbonyl (C=O) groups excluding carboxylic acids is 1. The summed E-state index contributed by atoms with van der Waals surface area (Å²) < 4.78 is 30.5. The number of hydrogen-bond donors (Lipinski definition) is 3. The molecule has 0 radical (unpaired) electrons. The lowest BCUT2D eigenvalue weighted by Crippen LogP contribution is -2.35. The number of amides is 1. The van der Waals surface area contributed by atoms with Crippen molar-refractivity contribution in [3.63, 3.8) is 0 Å². The van der Waals surface area contributed by atoms with Gasteiger partial charge in [0.2, 0.25) is 0 Å². The fourth-order valence-corrected chi connectivity index (χ4v) is 2.09. The van der Waals surface area contributed by atoms with E-state index in [2.05, 4.69) is 4.74 Å². The smallest absolute Gasteiger partial charge is 0.422 e. The Bertz CT molecular complexity index is 615. The lowest BCUT2D eigenvalue weighted by atomic mass is 10.2. The van der Waals surface area contributed by atoms with Crippen LogP contribution in [-0.4, -0.2) is 32.7 Å². The molecule has 3 N–H and O–H groups in total. The van der Waals surface area contributed by atoms with Gasteiger partial charge in [0.05, 0.1) is 18.4 Å². The average molecular weight is 309 g/mol. The van der Waals surface area contributed by atoms with Gasteiger partial charge >= 0.3 is 22.3 Å². The van der Waals surface area contributed by atoms with Crippen molar-refractivity contribution in [1.29, 1.82) is 0 Å². The van der Waals surface area contributed by atoms with Gasteiger partial charge in [0.15, 0.2) is 0 Å². The molecule has 0 aliphatic heterocycles. The Hall–Kier alpha value is -2.00. The number of anilines is 1. The summed E-state index contributed by atoms with van der Waals surface area (Å²) in [6.07, 6.45) is -1.22. The zero-order valence-corrected chi connectivity index (χ0v) is 11.1. The summed E-state index contributed by atoms with van der Waals surface area (Å²) in [5.74, 6) is -1.35. The molecule has 0 atom stereocenters. The van der Waals surface area contributed by atoms with E-state index < -0.39 is 22.3 Å². The van der Waals surface area contributed by atoms with Gasteiger partial charge in [-0.25, -0.2) is 14.3 Å². The van der Waals surface area contributed by atoms with Crippen molar-refractivity contribution >= 4 is 39.6 Å². The van der Waals surface area contributed by atoms with Gasteiger partial charge in [-0.2, -0.15) is 8.42 Å². The van der Waals surface area contributed by atoms with Gasteiger partial charge in [-0.3, -0.25) is 4.72 Å². The molecule has 1 amide bonds. The summed E-state index contributed by atoms with van der Waals surface area (Å²) in [4.78, 5) is 21.7. The number of nitrogens with one attached hydrogen (secondary N) is 2. The molecule has 0 aliphatic rings. The topological polar surface area (TPSA) is 122 Å². The second-order valence-electron chi connectivity index (χ2n) is 3.19. The van der Waals surface area contributed by atoms with E-state index in [-0.39, 0.29) is 16.3 Å². The number of hydrogen-bond acceptors (Lipinski definition) is 5. The first-order valence-corrected chi connectivity index (χ1v) is 6.52. The zero-order chi connectivity index (χ0) is 14.6. The van der Waals surface area contributed by atoms with Crippen LogP contribution in [0, 0.1) is 0 Å². The standard InChI is InChI=1S/C9H9ClN2O6S/c1-18-9(15)12-19(16,17)11-7-4-5(10)2-3-6(7)8(13)14/h2-4,11H,1H3,(H,12,15)(H,13,14). The molecule has 1 aromatic rings. The van der Waals surface area contributed by atoms with E-state index in [1.54, 1.807) is 0 Å². The Morgan fingerprint density at radius 3 is 2.53 bits per heavy atom. The second kappa shape index (κ2) is 5.76. The van der Waals surface area contributed by atoms with Crippen LogP contribution in [0.2, 0.25) is 5.02 Å². The van der Waals surface area contributed by atoms with Crippen LogP contribution in [0.25, 0.3) is 0 Å². The van der Waals surface area contributed by atoms with Gasteiger partial charge in [0.1, 0.15) is 0 Å². The van der Waals surface area contributed by atoms with Gasteiger partial charge in [-0.1, -0.05) is 11.6 Å². The van der Waals surface area contributed by atoms with Crippen molar-refractivity contribution in [3.8, 4) is 0 Å². The van der Waals surface area contributed by atoms with Gasteiger partial charge in [-0.05, 0) is 18.2 Å². The maximum Gasteiger partial charge on any atom is 0.422 e. The van der Waals surface area contributed by atoms with Gasteiger partial charge < -0.3 is 9.84 Å². The van der Waals surface area contributed by atoms with E-state index in [0.717, 1.165) is 19.2 Å². The number of ether oxygens (including phenoxy) is 1. The van der Waals surface area contributed by atoms with Crippen LogP contribution in [-0.2, 0) is 14.9 Å². The molecule has 10 heteroatoms. The predicted octanol–water partition coefficient (Wildman–Crippen LogP) is 1.05. The summed E-state index contributed by atoms with van der Waals surface area (Å²) in [6.45, 7) is 0. The Morgan fingerprint density at radius 1 is 1.37 bits per heavy atom. The molecule has 0 saturated carbocycles. The molecule has 0 spiro atoms. The Balaban J connectivity index is 3.08. The molecule has 0 bridgehead atoms. The van der Waals surface area contributed by atoms with Crippen molar-refractivity contribution in [1.82, 2.24) is 4.72 Å². The van der Waals surface area contributed by atoms with Crippen molar-refractivity contribution in [2.75, 3.05) is 11.8 Å². The zero-order valence-electron chi connectivity index (χ0n) is 9.51. The minimum Gasteiger partial charge on any atom is -0.478 e. The molecule has 1 rings (SSSR count). The molecule has 104 valence electrons. The summed E-state index contributed by atoms with van der Waals surface area (Å²) in [5, 5.41) is 9.02. The molecule has 0 unspecified atom stereocenters. The molecular weight excluding hydrogens is 300 g/mol. The lowest BCUT2D eigenvalue weighted by Gasteiger charge is -2.11. The van der Waals surface area contributed by atoms with E-state index in [1.165, 1.54) is 10.8 Å². The first-order chi connectivity index (χ1) is 8.75. The highest BCUT2D eigenvalue weighted by atomic mass is 35.5. The van der Waals surface area contributed by atoms with Crippen molar-refractivity contribution in [2.24, 2.45) is 0 Å². The van der Waals surface area contributed by atoms with E-state index in [0.29, 0.717) is 0 Å². The number of carboxylic acids is 1. The minimum atomic E-state index is -4.32. The van der Waals surface area contributed by atoms with Crippen molar-refractivity contribution in [2.45, 2.75) is 0 Å². The van der Waals surface area contributed by atoms with Crippen LogP contribution in [0.15, 0.2) is 18.2 Å². The van der Waals surface area contributed by atoms with E-state index in [4.69, 9.17) is 16.7 Å². The number of carbonyl (C=O) groups is 2. The van der Waals surface area contributed by atoms with E-state index >= 15 is 0 Å². The minimum absolute atomic E-state index is 0.126. The van der Waals surface area contributed by atoms with Crippen molar-refractivity contribution in [3.05, 3.63) is 28.8 Å². The maximum atomic E-state index is 11.5. The van der Waals surface area contributed by atoms with E-state index in [9.17, 15) is 18.0 Å². The Kier molecular flexibility index (Phi) is 4.57. The largest absolute Gasteiger partial charge is 0.478 e. The first kappa shape index (κ1) is 15.1. The molecule has 19 heavy (non-hydrogen) atoms. The summed E-state index contributed by atoms with van der Waals surface area (Å²) in [5.41, 5.74) is -0.601. The Morgan fingerprint density at radius 2 is 2.00 bits per heavy atom. The number of halogens is 1. The molecule has 8 nitrogen and oxygen atoms in total. The van der Waals surface area contributed by atoms with Crippen molar-refractivity contribution < 1.29 is 27.9 Å². The predicted molar refractivity (Wildman–Crippen MR) is 66.5 cm³/mol. The molecule has 0 saturated heterocycles. The van der Waals surface area contributed by atoms with Crippen LogP contribution in [0.1, 0.15) is 10.4 Å². The fraction of sp³-hybridized carbons (Fsp3) is 0.111. The van der Waals surface area contributed by atoms with Crippen LogP contribution in [0.4, 0.5) is 10.5 Å². The lowest BCUT2D eigenvalue weighted by molar-refractivity contribution is 0.0698. The highest BCUT2D eigenvalue weighted by Crippen LogP contribution is 2.21. The summed E-state index contributed by atoms with van der Waals surface area (Å²) in [6, 6.07) is 3.51. The SMILES string of the molecule is COC(=O)NS(=O)(=O)Nc1cc(Cl)ccc1C(=O)O.